The minimum atomic E-state index is -0.654. The standard InChI is InChI=1S/C33H41ClN2O2/c1-6-24(2)35-32(38)30(22-26-12-8-7-9-13-26)36(23-27-14-10-11-15-29(27)34)31(37)21-18-25-16-19-28(20-17-25)33(3,4)5/h7-17,19-20,24,30H,6,18,21-23H2,1-5H3,(H,35,38)/t24-,30-/m1/s1. The summed E-state index contributed by atoms with van der Waals surface area (Å²) in [4.78, 5) is 29.2. The summed E-state index contributed by atoms with van der Waals surface area (Å²) in [5.74, 6) is -0.205. The zero-order chi connectivity index (χ0) is 27.7. The van der Waals surface area contributed by atoms with Crippen LogP contribution >= 0.6 is 11.6 Å². The average molecular weight is 533 g/mol. The predicted molar refractivity (Wildman–Crippen MR) is 157 cm³/mol. The SMILES string of the molecule is CC[C@@H](C)NC(=O)[C@@H](Cc1ccccc1)N(Cc1ccccc1Cl)C(=O)CCc1ccc(C(C)(C)C)cc1. The van der Waals surface area contributed by atoms with E-state index in [4.69, 9.17) is 11.6 Å². The molecule has 0 saturated heterocycles. The summed E-state index contributed by atoms with van der Waals surface area (Å²) in [6.07, 6.45) is 2.15. The van der Waals surface area contributed by atoms with Crippen LogP contribution in [0.3, 0.4) is 0 Å². The fourth-order valence-electron chi connectivity index (χ4n) is 4.37. The third-order valence-corrected chi connectivity index (χ3v) is 7.39. The molecule has 3 aromatic rings. The van der Waals surface area contributed by atoms with E-state index in [0.717, 1.165) is 23.1 Å². The van der Waals surface area contributed by atoms with Gasteiger partial charge in [-0.3, -0.25) is 9.59 Å². The first-order valence-corrected chi connectivity index (χ1v) is 13.9. The third kappa shape index (κ3) is 8.46. The minimum absolute atomic E-state index is 0.0133. The molecule has 38 heavy (non-hydrogen) atoms. The van der Waals surface area contributed by atoms with E-state index >= 15 is 0 Å². The molecule has 5 heteroatoms. The number of rotatable bonds is 11. The molecule has 0 bridgehead atoms. The van der Waals surface area contributed by atoms with Crippen LogP contribution in [0, 0.1) is 0 Å². The number of nitrogens with one attached hydrogen (secondary N) is 1. The molecule has 0 aliphatic heterocycles. The smallest absolute Gasteiger partial charge is 0.243 e. The van der Waals surface area contributed by atoms with Gasteiger partial charge in [0.1, 0.15) is 6.04 Å². The Labute approximate surface area is 233 Å². The molecule has 0 spiro atoms. The average Bonchev–Trinajstić information content (AvgIpc) is 2.90. The van der Waals surface area contributed by atoms with Crippen LogP contribution in [0.2, 0.25) is 5.02 Å². The number of benzene rings is 3. The Hall–Kier alpha value is -3.11. The number of amides is 2. The van der Waals surface area contributed by atoms with E-state index in [9.17, 15) is 9.59 Å². The van der Waals surface area contributed by atoms with Gasteiger partial charge in [-0.2, -0.15) is 0 Å². The molecule has 3 aromatic carbocycles. The van der Waals surface area contributed by atoms with E-state index < -0.39 is 6.04 Å². The van der Waals surface area contributed by atoms with E-state index in [2.05, 4.69) is 50.4 Å². The van der Waals surface area contributed by atoms with Crippen LogP contribution in [-0.2, 0) is 34.4 Å². The lowest BCUT2D eigenvalue weighted by atomic mass is 9.86. The second kappa shape index (κ2) is 13.6. The summed E-state index contributed by atoms with van der Waals surface area (Å²) in [5, 5.41) is 3.70. The van der Waals surface area contributed by atoms with Gasteiger partial charge in [-0.05, 0) is 53.5 Å². The maximum atomic E-state index is 13.9. The topological polar surface area (TPSA) is 49.4 Å². The molecule has 0 heterocycles. The van der Waals surface area contributed by atoms with Crippen LogP contribution in [0.4, 0.5) is 0 Å². The normalized spacial score (nSPS) is 13.0. The first-order chi connectivity index (χ1) is 18.1. The summed E-state index contributed by atoms with van der Waals surface area (Å²) >= 11 is 6.51. The summed E-state index contributed by atoms with van der Waals surface area (Å²) in [7, 11) is 0. The van der Waals surface area contributed by atoms with Gasteiger partial charge in [-0.25, -0.2) is 0 Å². The summed E-state index contributed by atoms with van der Waals surface area (Å²) in [6, 6.07) is 25.2. The van der Waals surface area contributed by atoms with Crippen LogP contribution in [-0.4, -0.2) is 28.8 Å². The number of carbonyl (C=O) groups is 2. The molecule has 1 N–H and O–H groups in total. The largest absolute Gasteiger partial charge is 0.352 e. The van der Waals surface area contributed by atoms with Gasteiger partial charge in [0.05, 0.1) is 0 Å². The Morgan fingerprint density at radius 1 is 0.895 bits per heavy atom. The Morgan fingerprint density at radius 3 is 2.13 bits per heavy atom. The van der Waals surface area contributed by atoms with Gasteiger partial charge in [-0.1, -0.05) is 112 Å². The number of nitrogens with zero attached hydrogens (tertiary/aromatic N) is 1. The van der Waals surface area contributed by atoms with E-state index in [0.29, 0.717) is 24.3 Å². The minimum Gasteiger partial charge on any atom is -0.352 e. The lowest BCUT2D eigenvalue weighted by molar-refractivity contribution is -0.141. The van der Waals surface area contributed by atoms with Gasteiger partial charge in [0.25, 0.3) is 0 Å². The Morgan fingerprint density at radius 2 is 1.53 bits per heavy atom. The van der Waals surface area contributed by atoms with Crippen LogP contribution in [0.25, 0.3) is 0 Å². The van der Waals surface area contributed by atoms with Gasteiger partial charge in [-0.15, -0.1) is 0 Å². The van der Waals surface area contributed by atoms with E-state index in [1.165, 1.54) is 5.56 Å². The van der Waals surface area contributed by atoms with E-state index in [1.807, 2.05) is 68.4 Å². The molecular formula is C33H41ClN2O2. The summed E-state index contributed by atoms with van der Waals surface area (Å²) < 4.78 is 0. The van der Waals surface area contributed by atoms with Crippen molar-refractivity contribution in [2.24, 2.45) is 0 Å². The van der Waals surface area contributed by atoms with Crippen molar-refractivity contribution in [2.75, 3.05) is 0 Å². The van der Waals surface area contributed by atoms with Gasteiger partial charge in [0, 0.05) is 30.5 Å². The van der Waals surface area contributed by atoms with Crippen LogP contribution in [0.5, 0.6) is 0 Å². The van der Waals surface area contributed by atoms with Gasteiger partial charge < -0.3 is 10.2 Å². The number of hydrogen-bond acceptors (Lipinski definition) is 2. The molecule has 0 aromatic heterocycles. The first kappa shape index (κ1) is 29.4. The van der Waals surface area contributed by atoms with Crippen molar-refractivity contribution in [1.29, 1.82) is 0 Å². The molecule has 3 rings (SSSR count). The van der Waals surface area contributed by atoms with Crippen molar-refractivity contribution < 1.29 is 9.59 Å². The maximum Gasteiger partial charge on any atom is 0.243 e. The molecule has 0 aliphatic carbocycles. The van der Waals surface area contributed by atoms with Crippen molar-refractivity contribution in [3.63, 3.8) is 0 Å². The molecule has 202 valence electrons. The van der Waals surface area contributed by atoms with Crippen LogP contribution in [0.1, 0.15) is 69.7 Å². The Bertz CT molecular complexity index is 1190. The fourth-order valence-corrected chi connectivity index (χ4v) is 4.57. The zero-order valence-electron chi connectivity index (χ0n) is 23.3. The highest BCUT2D eigenvalue weighted by atomic mass is 35.5. The lowest BCUT2D eigenvalue weighted by Crippen LogP contribution is -2.52. The van der Waals surface area contributed by atoms with Gasteiger partial charge in [0.15, 0.2) is 0 Å². The molecule has 0 radical (unpaired) electrons. The van der Waals surface area contributed by atoms with Crippen LogP contribution < -0.4 is 5.32 Å². The molecule has 0 fully saturated rings. The molecule has 0 unspecified atom stereocenters. The highest BCUT2D eigenvalue weighted by molar-refractivity contribution is 6.31. The quantitative estimate of drug-likeness (QED) is 0.285. The fraction of sp³-hybridized carbons (Fsp3) is 0.394. The molecule has 2 atom stereocenters. The second-order valence-electron chi connectivity index (χ2n) is 11.1. The highest BCUT2D eigenvalue weighted by Crippen LogP contribution is 2.24. The van der Waals surface area contributed by atoms with Crippen molar-refractivity contribution in [2.45, 2.75) is 84.3 Å². The van der Waals surface area contributed by atoms with Crippen molar-refractivity contribution in [3.05, 3.63) is 106 Å². The molecular weight excluding hydrogens is 492 g/mol. The third-order valence-electron chi connectivity index (χ3n) is 7.02. The Balaban J connectivity index is 1.90. The molecule has 4 nitrogen and oxygen atoms in total. The van der Waals surface area contributed by atoms with Crippen molar-refractivity contribution in [1.82, 2.24) is 10.2 Å². The molecule has 0 saturated carbocycles. The van der Waals surface area contributed by atoms with Crippen molar-refractivity contribution in [3.8, 4) is 0 Å². The van der Waals surface area contributed by atoms with Gasteiger partial charge >= 0.3 is 0 Å². The number of aryl methyl sites for hydroxylation is 1. The lowest BCUT2D eigenvalue weighted by Gasteiger charge is -2.32. The van der Waals surface area contributed by atoms with Crippen molar-refractivity contribution >= 4 is 23.4 Å². The zero-order valence-corrected chi connectivity index (χ0v) is 24.1. The summed E-state index contributed by atoms with van der Waals surface area (Å²) in [5.41, 5.74) is 4.27. The first-order valence-electron chi connectivity index (χ1n) is 13.5. The van der Waals surface area contributed by atoms with Crippen LogP contribution in [0.15, 0.2) is 78.9 Å². The number of carbonyl (C=O) groups excluding carboxylic acids is 2. The number of hydrogen-bond donors (Lipinski definition) is 1. The van der Waals surface area contributed by atoms with Gasteiger partial charge in [0.2, 0.25) is 11.8 Å². The predicted octanol–water partition coefficient (Wildman–Crippen LogP) is 7.12. The maximum absolute atomic E-state index is 13.9. The highest BCUT2D eigenvalue weighted by Gasteiger charge is 2.31. The van der Waals surface area contributed by atoms with E-state index in [1.54, 1.807) is 4.90 Å². The Kier molecular flexibility index (Phi) is 10.6. The molecule has 2 amide bonds. The summed E-state index contributed by atoms with van der Waals surface area (Å²) in [6.45, 7) is 10.9. The monoisotopic (exact) mass is 532 g/mol. The van der Waals surface area contributed by atoms with E-state index in [-0.39, 0.29) is 29.8 Å². The molecule has 0 aliphatic rings. The number of halogens is 1. The second-order valence-corrected chi connectivity index (χ2v) is 11.5.